The molecule has 0 saturated heterocycles. The molecule has 3 nitrogen and oxygen atoms in total. The average Bonchev–Trinajstić information content (AvgIpc) is 2.71. The monoisotopic (exact) mass is 234 g/mol. The zero-order chi connectivity index (χ0) is 11.5. The number of aliphatic hydroxyl groups is 1. The molecule has 1 unspecified atom stereocenters. The first kappa shape index (κ1) is 11.1. The van der Waals surface area contributed by atoms with E-state index >= 15 is 0 Å². The third-order valence-electron chi connectivity index (χ3n) is 2.57. The number of aliphatic hydroxyl groups excluding tert-OH is 1. The van der Waals surface area contributed by atoms with Crippen molar-refractivity contribution in [3.05, 3.63) is 41.3 Å². The number of nitrogens with one attached hydrogen (secondary N) is 1. The van der Waals surface area contributed by atoms with E-state index in [0.29, 0.717) is 4.77 Å². The van der Waals surface area contributed by atoms with Gasteiger partial charge in [-0.25, -0.2) is 0 Å². The second-order valence-corrected chi connectivity index (χ2v) is 4.16. The summed E-state index contributed by atoms with van der Waals surface area (Å²) < 4.78 is 2.51. The minimum atomic E-state index is 0.00112. The van der Waals surface area contributed by atoms with E-state index in [1.54, 1.807) is 0 Å². The number of benzene rings is 1. The van der Waals surface area contributed by atoms with Gasteiger partial charge in [-0.2, -0.15) is 0 Å². The van der Waals surface area contributed by atoms with Gasteiger partial charge in [0.15, 0.2) is 4.77 Å². The molecule has 2 rings (SSSR count). The largest absolute Gasteiger partial charge is 0.394 e. The summed E-state index contributed by atoms with van der Waals surface area (Å²) in [6.45, 7) is 2.01. The van der Waals surface area contributed by atoms with Crippen molar-refractivity contribution >= 4 is 12.2 Å². The summed E-state index contributed by atoms with van der Waals surface area (Å²) >= 11 is 5.21. The second-order valence-electron chi connectivity index (χ2n) is 3.78. The smallest absolute Gasteiger partial charge is 0.177 e. The summed E-state index contributed by atoms with van der Waals surface area (Å²) in [5.41, 5.74) is 2.07. The molecule has 2 aromatic rings. The topological polar surface area (TPSA) is 41.0 Å². The first-order valence-electron chi connectivity index (χ1n) is 5.20. The molecule has 0 fully saturated rings. The van der Waals surface area contributed by atoms with Crippen molar-refractivity contribution in [3.63, 3.8) is 0 Å². The van der Waals surface area contributed by atoms with Gasteiger partial charge < -0.3 is 14.7 Å². The van der Waals surface area contributed by atoms with Gasteiger partial charge in [-0.15, -0.1) is 0 Å². The van der Waals surface area contributed by atoms with Crippen LogP contribution in [-0.4, -0.2) is 21.3 Å². The van der Waals surface area contributed by atoms with Gasteiger partial charge in [-0.3, -0.25) is 0 Å². The quantitative estimate of drug-likeness (QED) is 0.802. The van der Waals surface area contributed by atoms with Crippen LogP contribution >= 0.6 is 12.2 Å². The Labute approximate surface area is 99.4 Å². The van der Waals surface area contributed by atoms with E-state index in [2.05, 4.69) is 4.98 Å². The highest BCUT2D eigenvalue weighted by atomic mass is 32.1. The van der Waals surface area contributed by atoms with Crippen LogP contribution < -0.4 is 0 Å². The van der Waals surface area contributed by atoms with Crippen molar-refractivity contribution in [1.82, 2.24) is 9.55 Å². The third-order valence-corrected chi connectivity index (χ3v) is 2.88. The minimum Gasteiger partial charge on any atom is -0.394 e. The van der Waals surface area contributed by atoms with Gasteiger partial charge >= 0.3 is 0 Å². The molecule has 0 bridgehead atoms. The van der Waals surface area contributed by atoms with Gasteiger partial charge in [0.25, 0.3) is 0 Å². The Morgan fingerprint density at radius 3 is 2.69 bits per heavy atom. The zero-order valence-electron chi connectivity index (χ0n) is 9.05. The molecule has 1 aromatic carbocycles. The van der Waals surface area contributed by atoms with E-state index in [9.17, 15) is 0 Å². The van der Waals surface area contributed by atoms with Crippen LogP contribution in [0.25, 0.3) is 11.3 Å². The number of rotatable bonds is 3. The second kappa shape index (κ2) is 4.63. The molecule has 0 aliphatic rings. The van der Waals surface area contributed by atoms with Gasteiger partial charge in [0.05, 0.1) is 18.3 Å². The normalized spacial score (nSPS) is 12.6. The lowest BCUT2D eigenvalue weighted by Gasteiger charge is -2.08. The molecule has 0 spiro atoms. The molecule has 0 radical (unpaired) electrons. The fourth-order valence-electron chi connectivity index (χ4n) is 1.59. The summed E-state index contributed by atoms with van der Waals surface area (Å²) in [4.78, 5) is 3.14. The molecular formula is C12H14N2OS. The molecule has 0 saturated carbocycles. The van der Waals surface area contributed by atoms with Crippen molar-refractivity contribution in [1.29, 1.82) is 0 Å². The Morgan fingerprint density at radius 1 is 1.38 bits per heavy atom. The van der Waals surface area contributed by atoms with E-state index in [4.69, 9.17) is 17.3 Å². The van der Waals surface area contributed by atoms with E-state index in [-0.39, 0.29) is 12.6 Å². The van der Waals surface area contributed by atoms with Crippen LogP contribution in [0.3, 0.4) is 0 Å². The summed E-state index contributed by atoms with van der Waals surface area (Å²) in [5.74, 6) is 0. The standard InChI is InChI=1S/C12H14N2OS/c1-9(8-15)14-7-11(13-12(14)16)10-5-3-2-4-6-10/h2-7,9,15H,8H2,1H3,(H,13,16). The first-order chi connectivity index (χ1) is 7.72. The maximum atomic E-state index is 9.11. The van der Waals surface area contributed by atoms with Crippen LogP contribution in [0.2, 0.25) is 0 Å². The number of hydrogen-bond acceptors (Lipinski definition) is 2. The molecule has 0 aliphatic heterocycles. The first-order valence-corrected chi connectivity index (χ1v) is 5.60. The fraction of sp³-hybridized carbons (Fsp3) is 0.250. The highest BCUT2D eigenvalue weighted by Crippen LogP contribution is 2.19. The number of imidazole rings is 1. The lowest BCUT2D eigenvalue weighted by molar-refractivity contribution is 0.238. The van der Waals surface area contributed by atoms with Gasteiger partial charge in [0.1, 0.15) is 0 Å². The van der Waals surface area contributed by atoms with Crippen molar-refractivity contribution in [2.75, 3.05) is 6.61 Å². The zero-order valence-corrected chi connectivity index (χ0v) is 9.87. The molecule has 1 heterocycles. The van der Waals surface area contributed by atoms with Gasteiger partial charge in [0, 0.05) is 6.20 Å². The molecule has 1 aromatic heterocycles. The minimum absolute atomic E-state index is 0.00112. The summed E-state index contributed by atoms with van der Waals surface area (Å²) in [5, 5.41) is 9.11. The van der Waals surface area contributed by atoms with Crippen LogP contribution in [0.5, 0.6) is 0 Å². The lowest BCUT2D eigenvalue weighted by atomic mass is 10.2. The van der Waals surface area contributed by atoms with E-state index < -0.39 is 0 Å². The van der Waals surface area contributed by atoms with Gasteiger partial charge in [0.2, 0.25) is 0 Å². The molecule has 16 heavy (non-hydrogen) atoms. The number of hydrogen-bond donors (Lipinski definition) is 2. The number of H-pyrrole nitrogens is 1. The predicted molar refractivity (Wildman–Crippen MR) is 66.8 cm³/mol. The maximum absolute atomic E-state index is 9.11. The number of aromatic amines is 1. The molecule has 0 amide bonds. The summed E-state index contributed by atoms with van der Waals surface area (Å²) in [6, 6.07) is 9.99. The highest BCUT2D eigenvalue weighted by molar-refractivity contribution is 7.71. The Bertz CT molecular complexity index is 515. The van der Waals surface area contributed by atoms with E-state index in [0.717, 1.165) is 11.3 Å². The van der Waals surface area contributed by atoms with Crippen LogP contribution in [0, 0.1) is 4.77 Å². The predicted octanol–water partition coefficient (Wildman–Crippen LogP) is 2.77. The lowest BCUT2D eigenvalue weighted by Crippen LogP contribution is -2.07. The van der Waals surface area contributed by atoms with Crippen LogP contribution in [0.15, 0.2) is 36.5 Å². The molecule has 1 atom stereocenters. The van der Waals surface area contributed by atoms with E-state index in [1.807, 2.05) is 48.0 Å². The van der Waals surface area contributed by atoms with Crippen LogP contribution in [0.1, 0.15) is 13.0 Å². The SMILES string of the molecule is CC(CO)n1cc(-c2ccccc2)[nH]c1=S. The molecule has 0 aliphatic carbocycles. The number of aromatic nitrogens is 2. The maximum Gasteiger partial charge on any atom is 0.177 e. The Kier molecular flexibility index (Phi) is 3.22. The Hall–Kier alpha value is -1.39. The molecular weight excluding hydrogens is 220 g/mol. The average molecular weight is 234 g/mol. The summed E-state index contributed by atoms with van der Waals surface area (Å²) in [6.07, 6.45) is 1.94. The molecule has 2 N–H and O–H groups in total. The van der Waals surface area contributed by atoms with Crippen molar-refractivity contribution in [2.24, 2.45) is 0 Å². The van der Waals surface area contributed by atoms with Crippen LogP contribution in [0.4, 0.5) is 0 Å². The molecule has 4 heteroatoms. The third kappa shape index (κ3) is 2.08. The van der Waals surface area contributed by atoms with Crippen molar-refractivity contribution in [3.8, 4) is 11.3 Å². The number of nitrogens with zero attached hydrogens (tertiary/aromatic N) is 1. The van der Waals surface area contributed by atoms with Crippen molar-refractivity contribution < 1.29 is 5.11 Å². The van der Waals surface area contributed by atoms with E-state index in [1.165, 1.54) is 0 Å². The Morgan fingerprint density at radius 2 is 2.06 bits per heavy atom. The molecule has 84 valence electrons. The van der Waals surface area contributed by atoms with Crippen molar-refractivity contribution in [2.45, 2.75) is 13.0 Å². The van der Waals surface area contributed by atoms with Gasteiger partial charge in [-0.05, 0) is 24.7 Å². The van der Waals surface area contributed by atoms with Gasteiger partial charge in [-0.1, -0.05) is 30.3 Å². The van der Waals surface area contributed by atoms with Crippen LogP contribution in [-0.2, 0) is 0 Å². The summed E-state index contributed by atoms with van der Waals surface area (Å²) in [7, 11) is 0. The highest BCUT2D eigenvalue weighted by Gasteiger charge is 2.07. The fourth-order valence-corrected chi connectivity index (χ4v) is 1.93. The Balaban J connectivity index is 2.42.